The molecule has 4 nitrogen and oxygen atoms in total. The number of halogens is 2. The zero-order chi connectivity index (χ0) is 14.0. The zero-order valence-electron chi connectivity index (χ0n) is 10.6. The highest BCUT2D eigenvalue weighted by atomic mass is 79.9. The third-order valence-electron chi connectivity index (χ3n) is 3.30. The highest BCUT2D eigenvalue weighted by Gasteiger charge is 2.31. The van der Waals surface area contributed by atoms with Gasteiger partial charge in [-0.15, -0.1) is 0 Å². The van der Waals surface area contributed by atoms with Crippen molar-refractivity contribution in [2.75, 3.05) is 20.1 Å². The Balaban J connectivity index is 2.34. The molecule has 1 atom stereocenters. The fourth-order valence-corrected chi connectivity index (χ4v) is 5.20. The molecule has 0 spiro atoms. The Kier molecular flexibility index (Phi) is 5.05. The quantitative estimate of drug-likeness (QED) is 0.831. The topological polar surface area (TPSA) is 49.4 Å². The van der Waals surface area contributed by atoms with Crippen LogP contribution in [0.25, 0.3) is 0 Å². The number of likely N-dealkylation sites (N-methyl/N-ethyl adjacent to an activating group) is 1. The Labute approximate surface area is 130 Å². The van der Waals surface area contributed by atoms with Crippen molar-refractivity contribution < 1.29 is 8.42 Å². The van der Waals surface area contributed by atoms with E-state index in [0.29, 0.717) is 22.5 Å². The van der Waals surface area contributed by atoms with E-state index in [9.17, 15) is 8.42 Å². The first-order chi connectivity index (χ1) is 8.95. The van der Waals surface area contributed by atoms with Crippen molar-refractivity contribution in [1.29, 1.82) is 0 Å². The summed E-state index contributed by atoms with van der Waals surface area (Å²) in [6, 6.07) is 5.43. The Bertz CT molecular complexity index is 563. The minimum absolute atomic E-state index is 0.231. The van der Waals surface area contributed by atoms with Gasteiger partial charge in [-0.2, -0.15) is 4.31 Å². The molecule has 7 heteroatoms. The van der Waals surface area contributed by atoms with Gasteiger partial charge < -0.3 is 5.32 Å². The van der Waals surface area contributed by atoms with Crippen LogP contribution in [0.4, 0.5) is 0 Å². The van der Waals surface area contributed by atoms with Crippen LogP contribution in [-0.4, -0.2) is 38.9 Å². The van der Waals surface area contributed by atoms with Crippen molar-refractivity contribution in [3.8, 4) is 0 Å². The average Bonchev–Trinajstić information content (AvgIpc) is 2.41. The number of benzene rings is 1. The van der Waals surface area contributed by atoms with E-state index in [1.807, 2.05) is 13.1 Å². The van der Waals surface area contributed by atoms with Gasteiger partial charge in [0.25, 0.3) is 0 Å². The molecule has 1 aromatic carbocycles. The number of sulfonamides is 1. The molecule has 0 bridgehead atoms. The van der Waals surface area contributed by atoms with Crippen LogP contribution in [0.3, 0.4) is 0 Å². The second-order valence-electron chi connectivity index (χ2n) is 4.57. The minimum atomic E-state index is -3.44. The molecule has 19 heavy (non-hydrogen) atoms. The summed E-state index contributed by atoms with van der Waals surface area (Å²) in [5, 5.41) is 3.16. The average molecular weight is 412 g/mol. The lowest BCUT2D eigenvalue weighted by molar-refractivity contribution is 0.292. The molecule has 1 N–H and O–H groups in total. The monoisotopic (exact) mass is 410 g/mol. The molecule has 1 saturated heterocycles. The lowest BCUT2D eigenvalue weighted by Crippen LogP contribution is -2.46. The highest BCUT2D eigenvalue weighted by molar-refractivity contribution is 9.11. The number of nitrogens with zero attached hydrogens (tertiary/aromatic N) is 1. The van der Waals surface area contributed by atoms with E-state index < -0.39 is 10.0 Å². The summed E-state index contributed by atoms with van der Waals surface area (Å²) in [4.78, 5) is 0.318. The summed E-state index contributed by atoms with van der Waals surface area (Å²) < 4.78 is 28.3. The maximum Gasteiger partial charge on any atom is 0.244 e. The van der Waals surface area contributed by atoms with Gasteiger partial charge >= 0.3 is 0 Å². The fourth-order valence-electron chi connectivity index (χ4n) is 2.21. The zero-order valence-corrected chi connectivity index (χ0v) is 14.6. The predicted molar refractivity (Wildman–Crippen MR) is 82.7 cm³/mol. The molecule has 1 fully saturated rings. The SMILES string of the molecule is CNC1CCCN(S(=O)(=O)c2cc(Br)ccc2Br)C1. The predicted octanol–water partition coefficient (Wildman–Crippen LogP) is 2.58. The Morgan fingerprint density at radius 2 is 2.11 bits per heavy atom. The Hall–Kier alpha value is 0.0500. The lowest BCUT2D eigenvalue weighted by Gasteiger charge is -2.31. The number of nitrogens with one attached hydrogen (secondary N) is 1. The molecule has 106 valence electrons. The van der Waals surface area contributed by atoms with Crippen LogP contribution < -0.4 is 5.32 Å². The van der Waals surface area contributed by atoms with Crippen LogP contribution in [0, 0.1) is 0 Å². The molecule has 0 aromatic heterocycles. The summed E-state index contributed by atoms with van der Waals surface area (Å²) in [5.74, 6) is 0. The van der Waals surface area contributed by atoms with Crippen LogP contribution in [-0.2, 0) is 10.0 Å². The van der Waals surface area contributed by atoms with E-state index >= 15 is 0 Å². The van der Waals surface area contributed by atoms with Crippen molar-refractivity contribution in [3.05, 3.63) is 27.1 Å². The number of rotatable bonds is 3. The van der Waals surface area contributed by atoms with Crippen LogP contribution in [0.5, 0.6) is 0 Å². The summed E-state index contributed by atoms with van der Waals surface area (Å²) in [5.41, 5.74) is 0. The largest absolute Gasteiger partial charge is 0.316 e. The van der Waals surface area contributed by atoms with Crippen LogP contribution in [0.1, 0.15) is 12.8 Å². The van der Waals surface area contributed by atoms with Gasteiger partial charge in [-0.3, -0.25) is 0 Å². The van der Waals surface area contributed by atoms with E-state index in [-0.39, 0.29) is 6.04 Å². The Morgan fingerprint density at radius 3 is 2.79 bits per heavy atom. The van der Waals surface area contributed by atoms with Crippen LogP contribution >= 0.6 is 31.9 Å². The second-order valence-corrected chi connectivity index (χ2v) is 8.24. The smallest absolute Gasteiger partial charge is 0.244 e. The normalized spacial score (nSPS) is 21.5. The minimum Gasteiger partial charge on any atom is -0.316 e. The van der Waals surface area contributed by atoms with Crippen LogP contribution in [0.15, 0.2) is 32.0 Å². The first-order valence-electron chi connectivity index (χ1n) is 6.07. The van der Waals surface area contributed by atoms with Gasteiger partial charge in [0, 0.05) is 28.1 Å². The lowest BCUT2D eigenvalue weighted by atomic mass is 10.1. The Morgan fingerprint density at radius 1 is 1.37 bits per heavy atom. The molecule has 1 aliphatic heterocycles. The highest BCUT2D eigenvalue weighted by Crippen LogP contribution is 2.29. The molecule has 0 amide bonds. The molecule has 1 aromatic rings. The van der Waals surface area contributed by atoms with Gasteiger partial charge in [0.1, 0.15) is 0 Å². The van der Waals surface area contributed by atoms with Crippen molar-refractivity contribution in [3.63, 3.8) is 0 Å². The maximum atomic E-state index is 12.7. The summed E-state index contributed by atoms with van der Waals surface area (Å²) in [7, 11) is -1.57. The summed E-state index contributed by atoms with van der Waals surface area (Å²) in [6.45, 7) is 1.11. The standard InChI is InChI=1S/C12H16Br2N2O2S/c1-15-10-3-2-6-16(8-10)19(17,18)12-7-9(13)4-5-11(12)14/h4-5,7,10,15H,2-3,6,8H2,1H3. The number of hydrogen-bond acceptors (Lipinski definition) is 3. The summed E-state index contributed by atoms with van der Waals surface area (Å²) >= 11 is 6.64. The molecule has 2 rings (SSSR count). The fraction of sp³-hybridized carbons (Fsp3) is 0.500. The molecule has 0 saturated carbocycles. The van der Waals surface area contributed by atoms with E-state index in [1.54, 1.807) is 16.4 Å². The van der Waals surface area contributed by atoms with Crippen molar-refractivity contribution in [1.82, 2.24) is 9.62 Å². The van der Waals surface area contributed by atoms with Gasteiger partial charge in [-0.1, -0.05) is 15.9 Å². The van der Waals surface area contributed by atoms with Gasteiger partial charge in [0.2, 0.25) is 10.0 Å². The van der Waals surface area contributed by atoms with E-state index in [0.717, 1.165) is 17.3 Å². The van der Waals surface area contributed by atoms with Gasteiger partial charge in [0.05, 0.1) is 4.90 Å². The van der Waals surface area contributed by atoms with Crippen molar-refractivity contribution >= 4 is 41.9 Å². The second kappa shape index (κ2) is 6.22. The van der Waals surface area contributed by atoms with Gasteiger partial charge in [0.15, 0.2) is 0 Å². The van der Waals surface area contributed by atoms with Crippen LogP contribution in [0.2, 0.25) is 0 Å². The molecule has 0 aliphatic carbocycles. The van der Waals surface area contributed by atoms with Gasteiger partial charge in [-0.25, -0.2) is 8.42 Å². The molecular weight excluding hydrogens is 396 g/mol. The van der Waals surface area contributed by atoms with Gasteiger partial charge in [-0.05, 0) is 54.0 Å². The van der Waals surface area contributed by atoms with E-state index in [1.165, 1.54) is 0 Å². The molecule has 1 unspecified atom stereocenters. The van der Waals surface area contributed by atoms with E-state index in [2.05, 4.69) is 37.2 Å². The third-order valence-corrected chi connectivity index (χ3v) is 6.66. The maximum absolute atomic E-state index is 12.7. The molecule has 1 heterocycles. The molecule has 1 aliphatic rings. The van der Waals surface area contributed by atoms with Crippen molar-refractivity contribution in [2.24, 2.45) is 0 Å². The summed E-state index contributed by atoms with van der Waals surface area (Å²) in [6.07, 6.45) is 1.90. The van der Waals surface area contributed by atoms with E-state index in [4.69, 9.17) is 0 Å². The molecule has 0 radical (unpaired) electrons. The number of hydrogen-bond donors (Lipinski definition) is 1. The first kappa shape index (κ1) is 15.4. The first-order valence-corrected chi connectivity index (χ1v) is 9.10. The molecular formula is C12H16Br2N2O2S. The number of piperidine rings is 1. The third kappa shape index (κ3) is 3.39. The van der Waals surface area contributed by atoms with Crippen molar-refractivity contribution in [2.45, 2.75) is 23.8 Å².